The van der Waals surface area contributed by atoms with Crippen molar-refractivity contribution < 1.29 is 8.42 Å². The van der Waals surface area contributed by atoms with E-state index in [1.165, 1.54) is 23.0 Å². The molecule has 156 valence electrons. The fraction of sp³-hybridized carbons (Fsp3) is 0.765. The standard InChI is InChI=1S/C17H33N5O4S/c1-6-7-9-21(10-8-11-27(25,26)20(4)5)14-15(18)22(12-13(2)3)17(24)19-16(14)23/h13H,6-12,18H2,1-5H3,(H,19,23,24). The molecule has 3 N–H and O–H groups in total. The first-order valence-corrected chi connectivity index (χ1v) is 10.9. The lowest BCUT2D eigenvalue weighted by Crippen LogP contribution is -2.40. The molecule has 0 atom stereocenters. The summed E-state index contributed by atoms with van der Waals surface area (Å²) in [6.45, 7) is 7.26. The molecule has 0 bridgehead atoms. The number of hydrogen-bond donors (Lipinski definition) is 2. The maximum absolute atomic E-state index is 12.5. The number of nitrogens with one attached hydrogen (secondary N) is 1. The van der Waals surface area contributed by atoms with Crippen molar-refractivity contribution in [2.24, 2.45) is 5.92 Å². The smallest absolute Gasteiger partial charge is 0.330 e. The maximum atomic E-state index is 12.5. The van der Waals surface area contributed by atoms with Gasteiger partial charge in [-0.15, -0.1) is 0 Å². The van der Waals surface area contributed by atoms with Gasteiger partial charge in [-0.05, 0) is 18.8 Å². The fourth-order valence-electron chi connectivity index (χ4n) is 2.73. The molecule has 0 saturated heterocycles. The van der Waals surface area contributed by atoms with E-state index in [9.17, 15) is 18.0 Å². The third-order valence-corrected chi connectivity index (χ3v) is 6.16. The van der Waals surface area contributed by atoms with Crippen molar-refractivity contribution in [3.05, 3.63) is 20.8 Å². The molecule has 0 radical (unpaired) electrons. The second kappa shape index (κ2) is 9.93. The summed E-state index contributed by atoms with van der Waals surface area (Å²) >= 11 is 0. The summed E-state index contributed by atoms with van der Waals surface area (Å²) in [4.78, 5) is 28.7. The molecule has 9 nitrogen and oxygen atoms in total. The Kier molecular flexibility index (Phi) is 8.55. The zero-order chi connectivity index (χ0) is 20.8. The molecule has 10 heteroatoms. The van der Waals surface area contributed by atoms with Crippen LogP contribution in [0.15, 0.2) is 9.59 Å². The average Bonchev–Trinajstić information content (AvgIpc) is 2.55. The van der Waals surface area contributed by atoms with E-state index in [4.69, 9.17) is 5.73 Å². The third-order valence-electron chi connectivity index (χ3n) is 4.25. The number of nitrogens with two attached hydrogens (primary N) is 1. The molecule has 27 heavy (non-hydrogen) atoms. The third kappa shape index (κ3) is 6.39. The molecular formula is C17H33N5O4S. The Hall–Kier alpha value is -1.81. The van der Waals surface area contributed by atoms with Crippen molar-refractivity contribution in [3.63, 3.8) is 0 Å². The van der Waals surface area contributed by atoms with Crippen LogP contribution in [0.3, 0.4) is 0 Å². The van der Waals surface area contributed by atoms with Crippen LogP contribution in [0, 0.1) is 5.92 Å². The predicted molar refractivity (Wildman–Crippen MR) is 110 cm³/mol. The van der Waals surface area contributed by atoms with Crippen LogP contribution in [0.2, 0.25) is 0 Å². The van der Waals surface area contributed by atoms with Crippen molar-refractivity contribution in [2.75, 3.05) is 43.6 Å². The van der Waals surface area contributed by atoms with Crippen LogP contribution in [0.1, 0.15) is 40.0 Å². The number of H-pyrrole nitrogens is 1. The number of hydrogen-bond acceptors (Lipinski definition) is 6. The van der Waals surface area contributed by atoms with Gasteiger partial charge in [0.25, 0.3) is 5.56 Å². The van der Waals surface area contributed by atoms with Gasteiger partial charge in [-0.3, -0.25) is 14.3 Å². The summed E-state index contributed by atoms with van der Waals surface area (Å²) in [5.41, 5.74) is 5.36. The zero-order valence-corrected chi connectivity index (χ0v) is 17.8. The highest BCUT2D eigenvalue weighted by molar-refractivity contribution is 7.89. The number of aromatic nitrogens is 2. The topological polar surface area (TPSA) is 121 Å². The molecule has 0 aliphatic carbocycles. The number of nitrogen functional groups attached to an aromatic ring is 1. The number of sulfonamides is 1. The Morgan fingerprint density at radius 1 is 1.15 bits per heavy atom. The van der Waals surface area contributed by atoms with Crippen LogP contribution in [-0.4, -0.2) is 55.2 Å². The number of rotatable bonds is 11. The minimum absolute atomic E-state index is 0.0218. The highest BCUT2D eigenvalue weighted by atomic mass is 32.2. The maximum Gasteiger partial charge on any atom is 0.330 e. The Labute approximate surface area is 161 Å². The molecule has 0 unspecified atom stereocenters. The van der Waals surface area contributed by atoms with Gasteiger partial charge < -0.3 is 10.6 Å². The highest BCUT2D eigenvalue weighted by Gasteiger charge is 2.20. The van der Waals surface area contributed by atoms with Crippen LogP contribution in [0.25, 0.3) is 0 Å². The molecule has 0 aliphatic rings. The summed E-state index contributed by atoms with van der Waals surface area (Å²) in [5.74, 6) is 0.286. The van der Waals surface area contributed by atoms with Crippen LogP contribution < -0.4 is 21.9 Å². The van der Waals surface area contributed by atoms with Crippen molar-refractivity contribution >= 4 is 21.5 Å². The van der Waals surface area contributed by atoms with Gasteiger partial charge >= 0.3 is 5.69 Å². The lowest BCUT2D eigenvalue weighted by atomic mass is 10.2. The molecule has 0 aromatic carbocycles. The lowest BCUT2D eigenvalue weighted by molar-refractivity contribution is 0.506. The first-order chi connectivity index (χ1) is 12.5. The van der Waals surface area contributed by atoms with E-state index < -0.39 is 21.3 Å². The molecule has 0 fully saturated rings. The molecular weight excluding hydrogens is 370 g/mol. The van der Waals surface area contributed by atoms with Gasteiger partial charge in [-0.2, -0.15) is 0 Å². The van der Waals surface area contributed by atoms with E-state index in [1.807, 2.05) is 20.8 Å². The van der Waals surface area contributed by atoms with Gasteiger partial charge in [0.2, 0.25) is 10.0 Å². The van der Waals surface area contributed by atoms with E-state index in [2.05, 4.69) is 4.98 Å². The Morgan fingerprint density at radius 3 is 2.26 bits per heavy atom. The summed E-state index contributed by atoms with van der Waals surface area (Å²) in [6, 6.07) is 0. The van der Waals surface area contributed by atoms with Gasteiger partial charge in [-0.25, -0.2) is 17.5 Å². The quantitative estimate of drug-likeness (QED) is 0.560. The van der Waals surface area contributed by atoms with E-state index in [-0.39, 0.29) is 23.2 Å². The molecule has 1 heterocycles. The van der Waals surface area contributed by atoms with E-state index in [0.29, 0.717) is 26.1 Å². The predicted octanol–water partition coefficient (Wildman–Crippen LogP) is 0.663. The van der Waals surface area contributed by atoms with Gasteiger partial charge in [0, 0.05) is 33.7 Å². The van der Waals surface area contributed by atoms with Gasteiger partial charge in [0.05, 0.1) is 5.75 Å². The minimum atomic E-state index is -3.31. The molecule has 0 aliphatic heterocycles. The molecule has 1 rings (SSSR count). The van der Waals surface area contributed by atoms with Crippen molar-refractivity contribution in [3.8, 4) is 0 Å². The summed E-state index contributed by atoms with van der Waals surface area (Å²) in [7, 11) is -0.324. The monoisotopic (exact) mass is 403 g/mol. The number of aromatic amines is 1. The van der Waals surface area contributed by atoms with E-state index in [1.54, 1.807) is 4.90 Å². The second-order valence-electron chi connectivity index (χ2n) is 7.29. The largest absolute Gasteiger partial charge is 0.383 e. The van der Waals surface area contributed by atoms with Crippen LogP contribution in [0.5, 0.6) is 0 Å². The summed E-state index contributed by atoms with van der Waals surface area (Å²) in [5, 5.41) is 0. The molecule has 1 aromatic heterocycles. The molecule has 0 amide bonds. The van der Waals surface area contributed by atoms with Crippen molar-refractivity contribution in [1.82, 2.24) is 13.9 Å². The normalized spacial score (nSPS) is 12.1. The van der Waals surface area contributed by atoms with Crippen molar-refractivity contribution in [2.45, 2.75) is 46.6 Å². The van der Waals surface area contributed by atoms with Crippen LogP contribution in [0.4, 0.5) is 11.5 Å². The zero-order valence-electron chi connectivity index (χ0n) is 17.0. The van der Waals surface area contributed by atoms with Gasteiger partial charge in [0.1, 0.15) is 11.5 Å². The molecule has 0 spiro atoms. The first-order valence-electron chi connectivity index (χ1n) is 9.29. The van der Waals surface area contributed by atoms with Gasteiger partial charge in [0.15, 0.2) is 0 Å². The van der Waals surface area contributed by atoms with E-state index >= 15 is 0 Å². The summed E-state index contributed by atoms with van der Waals surface area (Å²) in [6.07, 6.45) is 2.09. The number of unbranched alkanes of at least 4 members (excludes halogenated alkanes) is 1. The second-order valence-corrected chi connectivity index (χ2v) is 9.59. The van der Waals surface area contributed by atoms with Crippen LogP contribution in [-0.2, 0) is 16.6 Å². The van der Waals surface area contributed by atoms with Gasteiger partial charge in [-0.1, -0.05) is 27.2 Å². The minimum Gasteiger partial charge on any atom is -0.383 e. The fourth-order valence-corrected chi connectivity index (χ4v) is 3.59. The number of nitrogens with zero attached hydrogens (tertiary/aromatic N) is 3. The number of anilines is 2. The highest BCUT2D eigenvalue weighted by Crippen LogP contribution is 2.19. The first kappa shape index (κ1) is 23.2. The Morgan fingerprint density at radius 2 is 1.74 bits per heavy atom. The van der Waals surface area contributed by atoms with Crippen LogP contribution >= 0.6 is 0 Å². The average molecular weight is 404 g/mol. The lowest BCUT2D eigenvalue weighted by Gasteiger charge is -2.26. The Bertz CT molecular complexity index is 827. The van der Waals surface area contributed by atoms with E-state index in [0.717, 1.165) is 12.8 Å². The SMILES string of the molecule is CCCCN(CCCS(=O)(=O)N(C)C)c1c(N)n(CC(C)C)c(=O)[nH]c1=O. The summed E-state index contributed by atoms with van der Waals surface area (Å²) < 4.78 is 26.5. The molecule has 1 aromatic rings. The Balaban J connectivity index is 3.19. The molecule has 0 saturated carbocycles. The van der Waals surface area contributed by atoms with Crippen molar-refractivity contribution in [1.29, 1.82) is 0 Å².